The van der Waals surface area contributed by atoms with Crippen LogP contribution in [0.3, 0.4) is 0 Å². The molecule has 1 aliphatic rings. The molecule has 26 heavy (non-hydrogen) atoms. The van der Waals surface area contributed by atoms with Crippen LogP contribution >= 0.6 is 22.9 Å². The van der Waals surface area contributed by atoms with E-state index in [0.29, 0.717) is 30.2 Å². The second kappa shape index (κ2) is 6.15. The molecular formula is C15H13ClN4O4S2. The van der Waals surface area contributed by atoms with Crippen LogP contribution in [0, 0.1) is 0 Å². The monoisotopic (exact) mass is 412 g/mol. The van der Waals surface area contributed by atoms with Crippen LogP contribution in [0.2, 0.25) is 5.15 Å². The van der Waals surface area contributed by atoms with Gasteiger partial charge in [0.05, 0.1) is 0 Å². The van der Waals surface area contributed by atoms with Crippen molar-refractivity contribution in [2.75, 3.05) is 11.3 Å². The Hall–Kier alpha value is -2.30. The summed E-state index contributed by atoms with van der Waals surface area (Å²) in [5.74, 6) is 0. The Kier molecular flexibility index (Phi) is 4.05. The van der Waals surface area contributed by atoms with E-state index in [0.717, 1.165) is 11.1 Å². The molecule has 1 aromatic carbocycles. The number of imidazole rings is 1. The number of hydrogen-bond acceptors (Lipinski definition) is 5. The summed E-state index contributed by atoms with van der Waals surface area (Å²) in [5, 5.41) is 10.6. The topological polar surface area (TPSA) is 104 Å². The van der Waals surface area contributed by atoms with E-state index < -0.39 is 16.1 Å². The number of aromatic nitrogens is 2. The largest absolute Gasteiger partial charge is 0.465 e. The van der Waals surface area contributed by atoms with Crippen molar-refractivity contribution < 1.29 is 18.3 Å². The number of hydrogen-bond donors (Lipinski definition) is 2. The van der Waals surface area contributed by atoms with Crippen molar-refractivity contribution in [1.82, 2.24) is 14.3 Å². The molecule has 4 rings (SSSR count). The third-order valence-corrected chi connectivity index (χ3v) is 6.71. The molecular weight excluding hydrogens is 400 g/mol. The first-order valence-electron chi connectivity index (χ1n) is 7.59. The van der Waals surface area contributed by atoms with E-state index in [1.807, 2.05) is 0 Å². The standard InChI is InChI=1S/C15H13ClN4O4S2/c16-12-13(20-5-6-25-14(20)17-12)26(23,24)18-11-2-1-10-8-19(15(21)22)4-3-9(10)7-11/h1-2,5-7,18H,3-4,8H2,(H,21,22). The highest BCUT2D eigenvalue weighted by atomic mass is 35.5. The average molecular weight is 413 g/mol. The van der Waals surface area contributed by atoms with E-state index in [4.69, 9.17) is 16.7 Å². The van der Waals surface area contributed by atoms with Gasteiger partial charge in [0.15, 0.2) is 15.1 Å². The van der Waals surface area contributed by atoms with Gasteiger partial charge in [0.25, 0.3) is 10.0 Å². The number of amides is 1. The van der Waals surface area contributed by atoms with E-state index in [-0.39, 0.29) is 10.2 Å². The van der Waals surface area contributed by atoms with Gasteiger partial charge in [-0.05, 0) is 29.7 Å². The third-order valence-electron chi connectivity index (χ3n) is 4.17. The molecule has 0 spiro atoms. The van der Waals surface area contributed by atoms with E-state index >= 15 is 0 Å². The zero-order valence-corrected chi connectivity index (χ0v) is 15.6. The molecule has 0 saturated heterocycles. The van der Waals surface area contributed by atoms with E-state index in [1.165, 1.54) is 20.6 Å². The number of halogens is 1. The third kappa shape index (κ3) is 2.89. The summed E-state index contributed by atoms with van der Waals surface area (Å²) < 4.78 is 29.5. The molecule has 3 heterocycles. The van der Waals surface area contributed by atoms with Crippen LogP contribution in [0.1, 0.15) is 11.1 Å². The number of thiazole rings is 1. The fraction of sp³-hybridized carbons (Fsp3) is 0.200. The van der Waals surface area contributed by atoms with Crippen LogP contribution in [-0.2, 0) is 23.0 Å². The Morgan fingerprint density at radius 1 is 1.35 bits per heavy atom. The number of anilines is 1. The lowest BCUT2D eigenvalue weighted by molar-refractivity contribution is 0.140. The van der Waals surface area contributed by atoms with Gasteiger partial charge < -0.3 is 10.0 Å². The van der Waals surface area contributed by atoms with Crippen LogP contribution < -0.4 is 4.72 Å². The number of sulfonamides is 1. The van der Waals surface area contributed by atoms with Gasteiger partial charge in [0.2, 0.25) is 0 Å². The van der Waals surface area contributed by atoms with Gasteiger partial charge in [-0.2, -0.15) is 8.42 Å². The average Bonchev–Trinajstić information content (AvgIpc) is 3.13. The SMILES string of the molecule is O=C(O)N1CCc2cc(NS(=O)(=O)c3c(Cl)nc4sccn34)ccc2C1. The summed E-state index contributed by atoms with van der Waals surface area (Å²) in [5.41, 5.74) is 2.18. The van der Waals surface area contributed by atoms with E-state index in [1.54, 1.807) is 29.8 Å². The fourth-order valence-electron chi connectivity index (χ4n) is 2.96. The highest BCUT2D eigenvalue weighted by Gasteiger charge is 2.26. The van der Waals surface area contributed by atoms with E-state index in [9.17, 15) is 13.2 Å². The van der Waals surface area contributed by atoms with Gasteiger partial charge in [-0.1, -0.05) is 17.7 Å². The van der Waals surface area contributed by atoms with Crippen molar-refractivity contribution in [3.8, 4) is 0 Å². The highest BCUT2D eigenvalue weighted by molar-refractivity contribution is 7.92. The molecule has 3 aromatic rings. The lowest BCUT2D eigenvalue weighted by Gasteiger charge is -2.26. The minimum atomic E-state index is -3.93. The molecule has 8 nitrogen and oxygen atoms in total. The van der Waals surface area contributed by atoms with Crippen molar-refractivity contribution in [2.24, 2.45) is 0 Å². The highest BCUT2D eigenvalue weighted by Crippen LogP contribution is 2.28. The maximum atomic E-state index is 12.8. The number of rotatable bonds is 3. The number of carboxylic acid groups (broad SMARTS) is 1. The Labute approximate surface area is 157 Å². The van der Waals surface area contributed by atoms with Crippen molar-refractivity contribution in [3.63, 3.8) is 0 Å². The molecule has 0 radical (unpaired) electrons. The van der Waals surface area contributed by atoms with Crippen LogP contribution in [-0.4, -0.2) is 40.4 Å². The van der Waals surface area contributed by atoms with Crippen molar-refractivity contribution >= 4 is 49.7 Å². The minimum absolute atomic E-state index is 0.0839. The first-order valence-corrected chi connectivity index (χ1v) is 10.3. The number of carbonyl (C=O) groups is 1. The molecule has 0 bridgehead atoms. The van der Waals surface area contributed by atoms with Gasteiger partial charge >= 0.3 is 6.09 Å². The molecule has 11 heteroatoms. The second-order valence-electron chi connectivity index (χ2n) is 5.81. The van der Waals surface area contributed by atoms with Crippen molar-refractivity contribution in [3.05, 3.63) is 46.1 Å². The second-order valence-corrected chi connectivity index (χ2v) is 8.64. The van der Waals surface area contributed by atoms with Crippen molar-refractivity contribution in [1.29, 1.82) is 0 Å². The molecule has 0 saturated carbocycles. The van der Waals surface area contributed by atoms with Gasteiger partial charge in [-0.25, -0.2) is 9.78 Å². The molecule has 0 aliphatic carbocycles. The summed E-state index contributed by atoms with van der Waals surface area (Å²) >= 11 is 7.30. The summed E-state index contributed by atoms with van der Waals surface area (Å²) in [7, 11) is -3.93. The predicted molar refractivity (Wildman–Crippen MR) is 97.5 cm³/mol. The van der Waals surface area contributed by atoms with Gasteiger partial charge in [0, 0.05) is 30.4 Å². The fourth-order valence-corrected chi connectivity index (χ4v) is 5.47. The van der Waals surface area contributed by atoms with E-state index in [2.05, 4.69) is 9.71 Å². The first kappa shape index (κ1) is 17.1. The Bertz CT molecular complexity index is 1120. The number of benzene rings is 1. The van der Waals surface area contributed by atoms with Crippen LogP contribution in [0.4, 0.5) is 10.5 Å². The van der Waals surface area contributed by atoms with Crippen molar-refractivity contribution in [2.45, 2.75) is 18.0 Å². The maximum Gasteiger partial charge on any atom is 0.407 e. The molecule has 0 unspecified atom stereocenters. The molecule has 0 atom stereocenters. The predicted octanol–water partition coefficient (Wildman–Crippen LogP) is 2.89. The molecule has 136 valence electrons. The molecule has 2 aromatic heterocycles. The maximum absolute atomic E-state index is 12.8. The smallest absolute Gasteiger partial charge is 0.407 e. The quantitative estimate of drug-likeness (QED) is 0.688. The Balaban J connectivity index is 1.64. The van der Waals surface area contributed by atoms with Gasteiger partial charge in [-0.15, -0.1) is 11.3 Å². The van der Waals surface area contributed by atoms with Gasteiger partial charge in [-0.3, -0.25) is 9.12 Å². The molecule has 1 aliphatic heterocycles. The molecule has 1 amide bonds. The zero-order valence-electron chi connectivity index (χ0n) is 13.2. The normalized spacial score (nSPS) is 14.4. The lowest BCUT2D eigenvalue weighted by atomic mass is 9.99. The lowest BCUT2D eigenvalue weighted by Crippen LogP contribution is -2.34. The summed E-state index contributed by atoms with van der Waals surface area (Å²) in [6.45, 7) is 0.671. The Morgan fingerprint density at radius 2 is 2.15 bits per heavy atom. The first-order chi connectivity index (χ1) is 12.3. The Morgan fingerprint density at radius 3 is 2.92 bits per heavy atom. The van der Waals surface area contributed by atoms with Crippen LogP contribution in [0.15, 0.2) is 34.8 Å². The zero-order chi connectivity index (χ0) is 18.5. The summed E-state index contributed by atoms with van der Waals surface area (Å²) in [6, 6.07) is 5.08. The number of fused-ring (bicyclic) bond motifs is 2. The molecule has 2 N–H and O–H groups in total. The van der Waals surface area contributed by atoms with Crippen LogP contribution in [0.25, 0.3) is 4.96 Å². The van der Waals surface area contributed by atoms with Crippen LogP contribution in [0.5, 0.6) is 0 Å². The van der Waals surface area contributed by atoms with Gasteiger partial charge in [0.1, 0.15) is 0 Å². The number of nitrogens with one attached hydrogen (secondary N) is 1. The summed E-state index contributed by atoms with van der Waals surface area (Å²) in [6.07, 6.45) is 1.16. The number of nitrogens with zero attached hydrogens (tertiary/aromatic N) is 3. The molecule has 0 fully saturated rings. The minimum Gasteiger partial charge on any atom is -0.465 e. The summed E-state index contributed by atoms with van der Waals surface area (Å²) in [4.78, 5) is 16.9.